The van der Waals surface area contributed by atoms with Crippen LogP contribution >= 0.6 is 11.6 Å². The lowest BCUT2D eigenvalue weighted by Crippen LogP contribution is -2.16. The Morgan fingerprint density at radius 3 is 2.48 bits per heavy atom. The van der Waals surface area contributed by atoms with E-state index in [0.717, 1.165) is 6.07 Å². The van der Waals surface area contributed by atoms with Crippen LogP contribution in [0.4, 0.5) is 15.8 Å². The third-order valence-corrected chi connectivity index (χ3v) is 4.74. The van der Waals surface area contributed by atoms with Gasteiger partial charge < -0.3 is 5.73 Å². The zero-order valence-electron chi connectivity index (χ0n) is 11.4. The molecule has 0 aliphatic rings. The van der Waals surface area contributed by atoms with Gasteiger partial charge in [-0.2, -0.15) is 0 Å². The molecular weight excluding hydrogens is 315 g/mol. The van der Waals surface area contributed by atoms with E-state index in [2.05, 4.69) is 4.72 Å². The average Bonchev–Trinajstić information content (AvgIpc) is 2.37. The molecule has 0 fully saturated rings. The second kappa shape index (κ2) is 5.54. The Hall–Kier alpha value is -1.79. The lowest BCUT2D eigenvalue weighted by molar-refractivity contribution is 0.598. The zero-order chi connectivity index (χ0) is 15.8. The number of sulfonamides is 1. The highest BCUT2D eigenvalue weighted by Crippen LogP contribution is 2.27. The van der Waals surface area contributed by atoms with Crippen LogP contribution in [0.1, 0.15) is 11.1 Å². The Labute approximate surface area is 127 Å². The standard InChI is InChI=1S/C14H14ClFN2O2S/c1-8-5-12(17)9(2)14(6-8)21(19,20)18-13-4-3-10(15)7-11(13)16/h3-7,18H,17H2,1-2H3. The molecule has 0 aromatic heterocycles. The van der Waals surface area contributed by atoms with Gasteiger partial charge in [0.25, 0.3) is 10.0 Å². The van der Waals surface area contributed by atoms with Gasteiger partial charge >= 0.3 is 0 Å². The summed E-state index contributed by atoms with van der Waals surface area (Å²) in [5, 5.41) is 0.187. The number of nitrogens with two attached hydrogens (primary N) is 1. The molecule has 7 heteroatoms. The van der Waals surface area contributed by atoms with E-state index in [1.54, 1.807) is 19.9 Å². The van der Waals surface area contributed by atoms with Crippen LogP contribution in [-0.4, -0.2) is 8.42 Å². The molecule has 0 bridgehead atoms. The summed E-state index contributed by atoms with van der Waals surface area (Å²) in [4.78, 5) is 0.0225. The molecule has 0 heterocycles. The maximum atomic E-state index is 13.7. The number of nitrogen functional groups attached to an aromatic ring is 1. The molecule has 0 saturated carbocycles. The van der Waals surface area contributed by atoms with E-state index in [4.69, 9.17) is 17.3 Å². The quantitative estimate of drug-likeness (QED) is 0.847. The minimum absolute atomic E-state index is 0.0225. The molecule has 0 amide bonds. The molecule has 21 heavy (non-hydrogen) atoms. The lowest BCUT2D eigenvalue weighted by atomic mass is 10.1. The molecule has 3 N–H and O–H groups in total. The molecule has 4 nitrogen and oxygen atoms in total. The van der Waals surface area contributed by atoms with Crippen molar-refractivity contribution in [3.8, 4) is 0 Å². The smallest absolute Gasteiger partial charge is 0.262 e. The fraction of sp³-hybridized carbons (Fsp3) is 0.143. The maximum Gasteiger partial charge on any atom is 0.262 e. The van der Waals surface area contributed by atoms with Gasteiger partial charge in [0, 0.05) is 10.7 Å². The Morgan fingerprint density at radius 2 is 1.86 bits per heavy atom. The molecule has 0 radical (unpaired) electrons. The Balaban J connectivity index is 2.48. The minimum atomic E-state index is -3.94. The van der Waals surface area contributed by atoms with Crippen LogP contribution in [0.3, 0.4) is 0 Å². The van der Waals surface area contributed by atoms with E-state index in [0.29, 0.717) is 16.8 Å². The number of aryl methyl sites for hydroxylation is 1. The first-order chi connectivity index (χ1) is 9.70. The van der Waals surface area contributed by atoms with E-state index in [9.17, 15) is 12.8 Å². The number of benzene rings is 2. The largest absolute Gasteiger partial charge is 0.398 e. The van der Waals surface area contributed by atoms with Crippen molar-refractivity contribution in [3.05, 3.63) is 52.3 Å². The molecule has 0 aliphatic carbocycles. The zero-order valence-corrected chi connectivity index (χ0v) is 13.0. The Morgan fingerprint density at radius 1 is 1.19 bits per heavy atom. The fourth-order valence-corrected chi connectivity index (χ4v) is 3.49. The van der Waals surface area contributed by atoms with Crippen molar-refractivity contribution in [2.45, 2.75) is 18.7 Å². The van der Waals surface area contributed by atoms with Crippen molar-refractivity contribution in [2.24, 2.45) is 0 Å². The number of rotatable bonds is 3. The third kappa shape index (κ3) is 3.28. The van der Waals surface area contributed by atoms with Gasteiger partial charge in [-0.15, -0.1) is 0 Å². The number of nitrogens with one attached hydrogen (secondary N) is 1. The number of hydrogen-bond donors (Lipinski definition) is 2. The molecule has 0 spiro atoms. The summed E-state index contributed by atoms with van der Waals surface area (Å²) < 4.78 is 40.7. The Bertz CT molecular complexity index is 807. The normalized spacial score (nSPS) is 11.4. The first-order valence-corrected chi connectivity index (χ1v) is 7.91. The summed E-state index contributed by atoms with van der Waals surface area (Å²) in [5.41, 5.74) is 7.10. The minimum Gasteiger partial charge on any atom is -0.398 e. The van der Waals surface area contributed by atoms with Crippen LogP contribution in [-0.2, 0) is 10.0 Å². The van der Waals surface area contributed by atoms with Gasteiger partial charge in [-0.3, -0.25) is 4.72 Å². The van der Waals surface area contributed by atoms with Crippen LogP contribution in [0.15, 0.2) is 35.2 Å². The summed E-state index contributed by atoms with van der Waals surface area (Å²) >= 11 is 5.64. The van der Waals surface area contributed by atoms with Crippen LogP contribution in [0.5, 0.6) is 0 Å². The van der Waals surface area contributed by atoms with Crippen LogP contribution in [0.2, 0.25) is 5.02 Å². The SMILES string of the molecule is Cc1cc(N)c(C)c(S(=O)(=O)Nc2ccc(Cl)cc2F)c1. The highest BCUT2D eigenvalue weighted by atomic mass is 35.5. The molecule has 2 aromatic rings. The summed E-state index contributed by atoms with van der Waals surface area (Å²) in [7, 11) is -3.94. The van der Waals surface area contributed by atoms with E-state index >= 15 is 0 Å². The average molecular weight is 329 g/mol. The van der Waals surface area contributed by atoms with Crippen molar-refractivity contribution < 1.29 is 12.8 Å². The van der Waals surface area contributed by atoms with Gasteiger partial charge in [0.05, 0.1) is 10.6 Å². The molecular formula is C14H14ClFN2O2S. The highest BCUT2D eigenvalue weighted by Gasteiger charge is 2.20. The Kier molecular flexibility index (Phi) is 4.11. The first-order valence-electron chi connectivity index (χ1n) is 6.05. The van der Waals surface area contributed by atoms with Gasteiger partial charge in [0.15, 0.2) is 0 Å². The van der Waals surface area contributed by atoms with E-state index in [1.165, 1.54) is 18.2 Å². The van der Waals surface area contributed by atoms with Crippen molar-refractivity contribution in [3.63, 3.8) is 0 Å². The van der Waals surface area contributed by atoms with E-state index in [-0.39, 0.29) is 15.6 Å². The summed E-state index contributed by atoms with van der Waals surface area (Å²) in [6.45, 7) is 3.33. The predicted molar refractivity (Wildman–Crippen MR) is 82.5 cm³/mol. The summed E-state index contributed by atoms with van der Waals surface area (Å²) in [5.74, 6) is -0.746. The molecule has 0 saturated heterocycles. The van der Waals surface area contributed by atoms with Gasteiger partial charge in [0.1, 0.15) is 5.82 Å². The topological polar surface area (TPSA) is 72.2 Å². The number of hydrogen-bond acceptors (Lipinski definition) is 3. The summed E-state index contributed by atoms with van der Waals surface area (Å²) in [6.07, 6.45) is 0. The van der Waals surface area contributed by atoms with Crippen LogP contribution in [0, 0.1) is 19.7 Å². The van der Waals surface area contributed by atoms with Gasteiger partial charge in [-0.1, -0.05) is 11.6 Å². The van der Waals surface area contributed by atoms with Gasteiger partial charge in [-0.25, -0.2) is 12.8 Å². The maximum absolute atomic E-state index is 13.7. The monoisotopic (exact) mass is 328 g/mol. The third-order valence-electron chi connectivity index (χ3n) is 3.01. The predicted octanol–water partition coefficient (Wildman–Crippen LogP) is 3.48. The van der Waals surface area contributed by atoms with Crippen LogP contribution in [0.25, 0.3) is 0 Å². The van der Waals surface area contributed by atoms with Gasteiger partial charge in [-0.05, 0) is 55.3 Å². The van der Waals surface area contributed by atoms with Crippen LogP contribution < -0.4 is 10.5 Å². The second-order valence-corrected chi connectivity index (χ2v) is 6.79. The molecule has 112 valence electrons. The highest BCUT2D eigenvalue weighted by molar-refractivity contribution is 7.92. The summed E-state index contributed by atoms with van der Waals surface area (Å²) in [6, 6.07) is 6.87. The molecule has 0 aliphatic heterocycles. The van der Waals surface area contributed by atoms with E-state index in [1.807, 2.05) is 0 Å². The molecule has 0 unspecified atom stereocenters. The number of halogens is 2. The van der Waals surface area contributed by atoms with Crippen molar-refractivity contribution in [1.82, 2.24) is 0 Å². The van der Waals surface area contributed by atoms with Crippen molar-refractivity contribution in [1.29, 1.82) is 0 Å². The van der Waals surface area contributed by atoms with Crippen molar-refractivity contribution in [2.75, 3.05) is 10.5 Å². The molecule has 2 aromatic carbocycles. The lowest BCUT2D eigenvalue weighted by Gasteiger charge is -2.13. The number of anilines is 2. The first kappa shape index (κ1) is 15.6. The fourth-order valence-electron chi connectivity index (χ4n) is 1.90. The second-order valence-electron chi connectivity index (χ2n) is 4.71. The van der Waals surface area contributed by atoms with Crippen molar-refractivity contribution >= 4 is 33.0 Å². The molecule has 0 atom stereocenters. The molecule has 2 rings (SSSR count). The van der Waals surface area contributed by atoms with Gasteiger partial charge in [0.2, 0.25) is 0 Å². The van der Waals surface area contributed by atoms with E-state index < -0.39 is 15.8 Å².